The molecule has 1 heterocycles. The van der Waals surface area contributed by atoms with Crippen molar-refractivity contribution in [3.05, 3.63) is 0 Å². The van der Waals surface area contributed by atoms with E-state index in [1.54, 1.807) is 0 Å². The van der Waals surface area contributed by atoms with Gasteiger partial charge in [-0.25, -0.2) is 0 Å². The third-order valence-electron chi connectivity index (χ3n) is 1.40. The van der Waals surface area contributed by atoms with E-state index in [0.29, 0.717) is 25.9 Å². The van der Waals surface area contributed by atoms with E-state index in [-0.39, 0.29) is 17.9 Å². The zero-order valence-electron chi connectivity index (χ0n) is 5.63. The van der Waals surface area contributed by atoms with Crippen LogP contribution in [-0.2, 0) is 0 Å². The number of piperidine rings is 1. The number of hydrogen-bond donors (Lipinski definition) is 3. The van der Waals surface area contributed by atoms with Gasteiger partial charge in [0.25, 0.3) is 0 Å². The number of halogens is 1. The van der Waals surface area contributed by atoms with Gasteiger partial charge in [-0.1, -0.05) is 0 Å². The summed E-state index contributed by atoms with van der Waals surface area (Å²) in [6.45, 7) is 1.43. The molecule has 1 aliphatic rings. The van der Waals surface area contributed by atoms with E-state index in [1.165, 1.54) is 0 Å². The second kappa shape index (κ2) is 4.87. The molecule has 1 fully saturated rings. The lowest BCUT2D eigenvalue weighted by molar-refractivity contribution is -0.175. The molecule has 1 aliphatic heterocycles. The van der Waals surface area contributed by atoms with E-state index in [0.717, 1.165) is 0 Å². The fourth-order valence-electron chi connectivity index (χ4n) is 0.827. The van der Waals surface area contributed by atoms with Crippen molar-refractivity contribution in [1.82, 2.24) is 5.32 Å². The highest BCUT2D eigenvalue weighted by Gasteiger charge is 2.24. The molecule has 5 heteroatoms. The van der Waals surface area contributed by atoms with E-state index < -0.39 is 5.79 Å². The van der Waals surface area contributed by atoms with Gasteiger partial charge in [0, 0.05) is 25.9 Å². The molecular weight excluding hydrogens is 158 g/mol. The predicted octanol–water partition coefficient (Wildman–Crippen LogP) is -1.35. The Labute approximate surface area is 66.0 Å². The molecule has 0 aliphatic carbocycles. The van der Waals surface area contributed by atoms with Gasteiger partial charge >= 0.3 is 0 Å². The van der Waals surface area contributed by atoms with Gasteiger partial charge in [0.1, 0.15) is 0 Å². The summed E-state index contributed by atoms with van der Waals surface area (Å²) in [4.78, 5) is 0. The zero-order valence-corrected chi connectivity index (χ0v) is 6.45. The first-order valence-electron chi connectivity index (χ1n) is 2.86. The minimum absolute atomic E-state index is 0. The Hall–Kier alpha value is 0.130. The topological polar surface area (TPSA) is 84.0 Å². The molecule has 0 radical (unpaired) electrons. The highest BCUT2D eigenvalue weighted by Crippen LogP contribution is 2.12. The highest BCUT2D eigenvalue weighted by molar-refractivity contribution is 5.85. The van der Waals surface area contributed by atoms with Crippen molar-refractivity contribution in [1.29, 1.82) is 0 Å². The Balaban J connectivity index is 0. The van der Waals surface area contributed by atoms with Gasteiger partial charge in [-0.3, -0.25) is 0 Å². The largest absolute Gasteiger partial charge is 0.412 e. The quantitative estimate of drug-likeness (QED) is 0.394. The van der Waals surface area contributed by atoms with Crippen LogP contribution < -0.4 is 5.32 Å². The number of hydrogen-bond acceptors (Lipinski definition) is 3. The summed E-state index contributed by atoms with van der Waals surface area (Å²) in [5, 5.41) is 20.8. The van der Waals surface area contributed by atoms with Crippen molar-refractivity contribution in [2.75, 3.05) is 13.1 Å². The lowest BCUT2D eigenvalue weighted by atomic mass is 10.1. The van der Waals surface area contributed by atoms with Crippen molar-refractivity contribution >= 4 is 12.4 Å². The Morgan fingerprint density at radius 3 is 1.70 bits per heavy atom. The first-order chi connectivity index (χ1) is 3.71. The Kier molecular flexibility index (Phi) is 6.22. The number of aliphatic hydroxyl groups is 2. The third kappa shape index (κ3) is 4.03. The average Bonchev–Trinajstić information content (AvgIpc) is 1.65. The highest BCUT2D eigenvalue weighted by atomic mass is 35.5. The fourth-order valence-corrected chi connectivity index (χ4v) is 0.827. The van der Waals surface area contributed by atoms with Gasteiger partial charge in [-0.2, -0.15) is 0 Å². The summed E-state index contributed by atoms with van der Waals surface area (Å²) < 4.78 is 0. The SMILES string of the molecule is Cl.O.OC1(O)CCNCC1. The van der Waals surface area contributed by atoms with E-state index >= 15 is 0 Å². The summed E-state index contributed by atoms with van der Waals surface area (Å²) in [6.07, 6.45) is 0.903. The molecule has 0 atom stereocenters. The van der Waals surface area contributed by atoms with Crippen LogP contribution in [0.1, 0.15) is 12.8 Å². The van der Waals surface area contributed by atoms with Crippen molar-refractivity contribution in [2.45, 2.75) is 18.6 Å². The van der Waals surface area contributed by atoms with Crippen LogP contribution in [0.2, 0.25) is 0 Å². The molecule has 0 spiro atoms. The predicted molar refractivity (Wildman–Crippen MR) is 40.1 cm³/mol. The standard InChI is InChI=1S/C5H11NO2.ClH.H2O/c7-5(8)1-3-6-4-2-5;;/h6-8H,1-4H2;1H;1H2. The van der Waals surface area contributed by atoms with E-state index in [9.17, 15) is 0 Å². The number of rotatable bonds is 0. The van der Waals surface area contributed by atoms with Crippen LogP contribution >= 0.6 is 12.4 Å². The van der Waals surface area contributed by atoms with Crippen LogP contribution in [-0.4, -0.2) is 34.6 Å². The Bertz CT molecular complexity index is 81.0. The minimum Gasteiger partial charge on any atom is -0.412 e. The molecule has 0 aromatic heterocycles. The van der Waals surface area contributed by atoms with Crippen molar-refractivity contribution in [2.24, 2.45) is 0 Å². The van der Waals surface area contributed by atoms with Crippen LogP contribution in [0.25, 0.3) is 0 Å². The Morgan fingerprint density at radius 1 is 1.10 bits per heavy atom. The summed E-state index contributed by atoms with van der Waals surface area (Å²) in [5.41, 5.74) is 0. The fraction of sp³-hybridized carbons (Fsp3) is 1.00. The smallest absolute Gasteiger partial charge is 0.164 e. The molecule has 1 rings (SSSR count). The van der Waals surface area contributed by atoms with Crippen molar-refractivity contribution < 1.29 is 15.7 Å². The lowest BCUT2D eigenvalue weighted by Gasteiger charge is -2.26. The first kappa shape index (κ1) is 12.8. The number of nitrogens with one attached hydrogen (secondary N) is 1. The minimum atomic E-state index is -1.38. The zero-order chi connectivity index (χ0) is 6.04. The summed E-state index contributed by atoms with van der Waals surface area (Å²) >= 11 is 0. The van der Waals surface area contributed by atoms with Crippen molar-refractivity contribution in [3.8, 4) is 0 Å². The van der Waals surface area contributed by atoms with Gasteiger partial charge in [0.15, 0.2) is 5.79 Å². The van der Waals surface area contributed by atoms with Crippen LogP contribution in [0, 0.1) is 0 Å². The molecule has 5 N–H and O–H groups in total. The molecular formula is C5H14ClNO3. The molecule has 1 saturated heterocycles. The van der Waals surface area contributed by atoms with Gasteiger partial charge in [0.05, 0.1) is 0 Å². The van der Waals surface area contributed by atoms with Gasteiger partial charge < -0.3 is 21.0 Å². The molecule has 0 unspecified atom stereocenters. The molecule has 0 bridgehead atoms. The van der Waals surface area contributed by atoms with Crippen LogP contribution in [0.3, 0.4) is 0 Å². The summed E-state index contributed by atoms with van der Waals surface area (Å²) in [7, 11) is 0. The molecule has 64 valence electrons. The summed E-state index contributed by atoms with van der Waals surface area (Å²) in [6, 6.07) is 0. The maximum atomic E-state index is 8.89. The second-order valence-corrected chi connectivity index (χ2v) is 2.23. The Morgan fingerprint density at radius 2 is 1.50 bits per heavy atom. The van der Waals surface area contributed by atoms with Crippen LogP contribution in [0.15, 0.2) is 0 Å². The second-order valence-electron chi connectivity index (χ2n) is 2.23. The van der Waals surface area contributed by atoms with Gasteiger partial charge in [-0.05, 0) is 0 Å². The molecule has 0 aromatic carbocycles. The van der Waals surface area contributed by atoms with Crippen LogP contribution in [0.4, 0.5) is 0 Å². The van der Waals surface area contributed by atoms with E-state index in [1.807, 2.05) is 0 Å². The first-order valence-corrected chi connectivity index (χ1v) is 2.86. The van der Waals surface area contributed by atoms with E-state index in [2.05, 4.69) is 5.32 Å². The van der Waals surface area contributed by atoms with Crippen molar-refractivity contribution in [3.63, 3.8) is 0 Å². The van der Waals surface area contributed by atoms with Gasteiger partial charge in [0.2, 0.25) is 0 Å². The maximum Gasteiger partial charge on any atom is 0.164 e. The van der Waals surface area contributed by atoms with Gasteiger partial charge in [-0.15, -0.1) is 12.4 Å². The lowest BCUT2D eigenvalue weighted by Crippen LogP contribution is -2.41. The maximum absolute atomic E-state index is 8.89. The molecule has 10 heavy (non-hydrogen) atoms. The molecule has 0 saturated carbocycles. The average molecular weight is 172 g/mol. The molecule has 0 aromatic rings. The van der Waals surface area contributed by atoms with Crippen LogP contribution in [0.5, 0.6) is 0 Å². The summed E-state index contributed by atoms with van der Waals surface area (Å²) in [5.74, 6) is -1.38. The monoisotopic (exact) mass is 171 g/mol. The molecule has 4 nitrogen and oxygen atoms in total. The van der Waals surface area contributed by atoms with E-state index in [4.69, 9.17) is 10.2 Å². The third-order valence-corrected chi connectivity index (χ3v) is 1.40. The normalized spacial score (nSPS) is 22.2. The molecule has 0 amide bonds.